The number of non-ortho nitro benzene ring substituents is 1. The van der Waals surface area contributed by atoms with Gasteiger partial charge < -0.3 is 15.4 Å². The van der Waals surface area contributed by atoms with Crippen LogP contribution in [0.2, 0.25) is 5.02 Å². The molecule has 2 N–H and O–H groups in total. The predicted molar refractivity (Wildman–Crippen MR) is 78.8 cm³/mol. The average Bonchev–Trinajstić information content (AvgIpc) is 2.31. The number of nitro groups is 1. The first-order chi connectivity index (χ1) is 8.93. The zero-order valence-corrected chi connectivity index (χ0v) is 12.0. The Bertz CT molecular complexity index is 484. The third-order valence-corrected chi connectivity index (χ3v) is 2.75. The Kier molecular flexibility index (Phi) is 5.94. The van der Waals surface area contributed by atoms with Crippen LogP contribution in [-0.4, -0.2) is 29.8 Å². The molecule has 0 aliphatic carbocycles. The Balaban J connectivity index is 2.73. The fourth-order valence-electron chi connectivity index (χ4n) is 1.40. The Labute approximate surface area is 121 Å². The number of nitro benzene ring substituents is 1. The van der Waals surface area contributed by atoms with Gasteiger partial charge in [0.15, 0.2) is 5.11 Å². The number of hydrogen-bond donors (Lipinski definition) is 2. The van der Waals surface area contributed by atoms with Crippen LogP contribution in [0.3, 0.4) is 0 Å². The van der Waals surface area contributed by atoms with Crippen molar-refractivity contribution in [3.05, 3.63) is 33.3 Å². The summed E-state index contributed by atoms with van der Waals surface area (Å²) < 4.78 is 4.96. The summed E-state index contributed by atoms with van der Waals surface area (Å²) in [5.41, 5.74) is 0.331. The SMILES string of the molecule is COC[C@H](C)NC(=S)Nc1cc([N+](=O)[O-])ccc1Cl. The molecule has 19 heavy (non-hydrogen) atoms. The number of halogens is 1. The molecule has 0 saturated heterocycles. The summed E-state index contributed by atoms with van der Waals surface area (Å²) in [5.74, 6) is 0. The van der Waals surface area contributed by atoms with Crippen molar-refractivity contribution in [2.24, 2.45) is 0 Å². The molecule has 0 aromatic heterocycles. The van der Waals surface area contributed by atoms with Crippen LogP contribution in [0.25, 0.3) is 0 Å². The maximum atomic E-state index is 10.7. The number of hydrogen-bond acceptors (Lipinski definition) is 4. The van der Waals surface area contributed by atoms with E-state index in [1.165, 1.54) is 18.2 Å². The second kappa shape index (κ2) is 7.22. The second-order valence-electron chi connectivity index (χ2n) is 3.88. The van der Waals surface area contributed by atoms with E-state index in [4.69, 9.17) is 28.6 Å². The van der Waals surface area contributed by atoms with Gasteiger partial charge in [-0.25, -0.2) is 0 Å². The highest BCUT2D eigenvalue weighted by Gasteiger charge is 2.11. The molecule has 104 valence electrons. The minimum absolute atomic E-state index is 0.0162. The number of anilines is 1. The summed E-state index contributed by atoms with van der Waals surface area (Å²) in [4.78, 5) is 10.2. The smallest absolute Gasteiger partial charge is 0.271 e. The fourth-order valence-corrected chi connectivity index (χ4v) is 1.87. The van der Waals surface area contributed by atoms with Crippen LogP contribution in [0.5, 0.6) is 0 Å². The molecule has 1 aromatic rings. The lowest BCUT2D eigenvalue weighted by Gasteiger charge is -2.16. The summed E-state index contributed by atoms with van der Waals surface area (Å²) in [6.45, 7) is 2.39. The van der Waals surface area contributed by atoms with Crippen molar-refractivity contribution in [2.75, 3.05) is 19.0 Å². The summed E-state index contributed by atoms with van der Waals surface area (Å²) in [6.07, 6.45) is 0. The van der Waals surface area contributed by atoms with E-state index in [0.717, 1.165) is 0 Å². The Morgan fingerprint density at radius 2 is 2.32 bits per heavy atom. The highest BCUT2D eigenvalue weighted by molar-refractivity contribution is 7.80. The van der Waals surface area contributed by atoms with Crippen LogP contribution in [0.4, 0.5) is 11.4 Å². The van der Waals surface area contributed by atoms with E-state index in [1.54, 1.807) is 7.11 Å². The molecule has 6 nitrogen and oxygen atoms in total. The van der Waals surface area contributed by atoms with Crippen molar-refractivity contribution < 1.29 is 9.66 Å². The topological polar surface area (TPSA) is 76.4 Å². The molecule has 0 amide bonds. The number of nitrogens with one attached hydrogen (secondary N) is 2. The van der Waals surface area contributed by atoms with Crippen LogP contribution < -0.4 is 10.6 Å². The highest BCUT2D eigenvalue weighted by Crippen LogP contribution is 2.26. The number of rotatable bonds is 5. The van der Waals surface area contributed by atoms with E-state index in [1.807, 2.05) is 6.92 Å². The largest absolute Gasteiger partial charge is 0.383 e. The molecule has 1 rings (SSSR count). The fraction of sp³-hybridized carbons (Fsp3) is 0.364. The summed E-state index contributed by atoms with van der Waals surface area (Å²) in [7, 11) is 1.59. The third-order valence-electron chi connectivity index (χ3n) is 2.20. The van der Waals surface area contributed by atoms with E-state index in [9.17, 15) is 10.1 Å². The van der Waals surface area contributed by atoms with Gasteiger partial charge in [0.05, 0.1) is 22.2 Å². The molecule has 0 radical (unpaired) electrons. The average molecular weight is 304 g/mol. The molecule has 0 spiro atoms. The zero-order chi connectivity index (χ0) is 14.4. The van der Waals surface area contributed by atoms with Gasteiger partial charge in [0.1, 0.15) is 0 Å². The number of nitrogens with zero attached hydrogens (tertiary/aromatic N) is 1. The van der Waals surface area contributed by atoms with Crippen molar-refractivity contribution in [1.29, 1.82) is 0 Å². The Morgan fingerprint density at radius 3 is 2.89 bits per heavy atom. The van der Waals surface area contributed by atoms with Crippen LogP contribution in [-0.2, 0) is 4.74 Å². The van der Waals surface area contributed by atoms with E-state index < -0.39 is 4.92 Å². The predicted octanol–water partition coefficient (Wildman–Crippen LogP) is 2.57. The molecule has 0 unspecified atom stereocenters. The molecule has 0 aliphatic rings. The van der Waals surface area contributed by atoms with Gasteiger partial charge in [-0.2, -0.15) is 0 Å². The van der Waals surface area contributed by atoms with Gasteiger partial charge in [-0.15, -0.1) is 0 Å². The van der Waals surface area contributed by atoms with Gasteiger partial charge in [0.2, 0.25) is 0 Å². The Morgan fingerprint density at radius 1 is 1.63 bits per heavy atom. The number of thiocarbonyl (C=S) groups is 1. The lowest BCUT2D eigenvalue weighted by molar-refractivity contribution is -0.384. The molecule has 0 bridgehead atoms. The van der Waals surface area contributed by atoms with Gasteiger partial charge in [0, 0.05) is 25.3 Å². The number of methoxy groups -OCH3 is 1. The first-order valence-corrected chi connectivity index (χ1v) is 6.23. The van der Waals surface area contributed by atoms with Crippen LogP contribution in [0.1, 0.15) is 6.92 Å². The first-order valence-electron chi connectivity index (χ1n) is 5.44. The van der Waals surface area contributed by atoms with E-state index in [0.29, 0.717) is 22.4 Å². The van der Waals surface area contributed by atoms with Crippen molar-refractivity contribution in [1.82, 2.24) is 5.32 Å². The van der Waals surface area contributed by atoms with E-state index in [-0.39, 0.29) is 11.7 Å². The minimum atomic E-state index is -0.495. The summed E-state index contributed by atoms with van der Waals surface area (Å²) >= 11 is 11.0. The zero-order valence-electron chi connectivity index (χ0n) is 10.5. The molecule has 0 aliphatic heterocycles. The first kappa shape index (κ1) is 15.6. The highest BCUT2D eigenvalue weighted by atomic mass is 35.5. The van der Waals surface area contributed by atoms with E-state index >= 15 is 0 Å². The molecule has 0 saturated carbocycles. The van der Waals surface area contributed by atoms with Gasteiger partial charge in [-0.05, 0) is 25.2 Å². The quantitative estimate of drug-likeness (QED) is 0.494. The molecule has 8 heteroatoms. The summed E-state index contributed by atoms with van der Waals surface area (Å²) in [5, 5.41) is 17.2. The van der Waals surface area contributed by atoms with Gasteiger partial charge in [-0.3, -0.25) is 10.1 Å². The third kappa shape index (κ3) is 4.98. The molecular formula is C11H14ClN3O3S. The maximum absolute atomic E-state index is 10.7. The van der Waals surface area contributed by atoms with Gasteiger partial charge in [-0.1, -0.05) is 11.6 Å². The van der Waals surface area contributed by atoms with Crippen LogP contribution in [0, 0.1) is 10.1 Å². The minimum Gasteiger partial charge on any atom is -0.383 e. The van der Waals surface area contributed by atoms with Crippen molar-refractivity contribution in [3.8, 4) is 0 Å². The second-order valence-corrected chi connectivity index (χ2v) is 4.69. The van der Waals surface area contributed by atoms with Gasteiger partial charge >= 0.3 is 0 Å². The lowest BCUT2D eigenvalue weighted by atomic mass is 10.3. The molecule has 0 heterocycles. The molecular weight excluding hydrogens is 290 g/mol. The van der Waals surface area contributed by atoms with Crippen molar-refractivity contribution in [3.63, 3.8) is 0 Å². The Hall–Kier alpha value is -1.44. The van der Waals surface area contributed by atoms with Crippen LogP contribution >= 0.6 is 23.8 Å². The van der Waals surface area contributed by atoms with Crippen molar-refractivity contribution >= 4 is 40.3 Å². The van der Waals surface area contributed by atoms with Crippen LogP contribution in [0.15, 0.2) is 18.2 Å². The standard InChI is InChI=1S/C11H14ClN3O3S/c1-7(6-18-2)13-11(19)14-10-5-8(15(16)17)3-4-9(10)12/h3-5,7H,6H2,1-2H3,(H2,13,14,19)/t7-/m0/s1. The summed E-state index contributed by atoms with van der Waals surface area (Å²) in [6, 6.07) is 4.13. The number of benzene rings is 1. The van der Waals surface area contributed by atoms with Crippen molar-refractivity contribution in [2.45, 2.75) is 13.0 Å². The number of ether oxygens (including phenoxy) is 1. The monoisotopic (exact) mass is 303 g/mol. The normalized spacial score (nSPS) is 11.7. The van der Waals surface area contributed by atoms with Gasteiger partial charge in [0.25, 0.3) is 5.69 Å². The maximum Gasteiger partial charge on any atom is 0.271 e. The van der Waals surface area contributed by atoms with E-state index in [2.05, 4.69) is 10.6 Å². The molecule has 1 atom stereocenters. The lowest BCUT2D eigenvalue weighted by Crippen LogP contribution is -2.38. The molecule has 1 aromatic carbocycles. The molecule has 0 fully saturated rings.